The summed E-state index contributed by atoms with van der Waals surface area (Å²) in [6, 6.07) is 13.9. The van der Waals surface area contributed by atoms with Crippen molar-refractivity contribution in [1.82, 2.24) is 14.5 Å². The van der Waals surface area contributed by atoms with Gasteiger partial charge in [-0.15, -0.1) is 0 Å². The summed E-state index contributed by atoms with van der Waals surface area (Å²) in [6.07, 6.45) is 0. The van der Waals surface area contributed by atoms with Crippen LogP contribution in [0.1, 0.15) is 11.1 Å². The summed E-state index contributed by atoms with van der Waals surface area (Å²) in [4.78, 5) is 14.7. The highest BCUT2D eigenvalue weighted by atomic mass is 35.5. The number of rotatable bonds is 8. The topological polar surface area (TPSA) is 79.0 Å². The Morgan fingerprint density at radius 2 is 1.80 bits per heavy atom. The zero-order chi connectivity index (χ0) is 21.6. The van der Waals surface area contributed by atoms with E-state index in [4.69, 9.17) is 16.3 Å². The van der Waals surface area contributed by atoms with Crippen LogP contribution in [0.25, 0.3) is 0 Å². The van der Waals surface area contributed by atoms with Crippen molar-refractivity contribution in [3.05, 3.63) is 64.7 Å². The number of carbonyl (C=O) groups is 1. The fraction of sp³-hybridized carbons (Fsp3) is 0.381. The average molecular weight is 452 g/mol. The predicted octanol–water partition coefficient (Wildman–Crippen LogP) is 2.11. The van der Waals surface area contributed by atoms with E-state index in [1.54, 1.807) is 0 Å². The molecular formula is C21H26ClN3O4S. The van der Waals surface area contributed by atoms with Crippen LogP contribution in [-0.4, -0.2) is 63.4 Å². The fourth-order valence-electron chi connectivity index (χ4n) is 3.19. The van der Waals surface area contributed by atoms with E-state index in [1.807, 2.05) is 12.1 Å². The number of ether oxygens (including phenoxy) is 1. The lowest BCUT2D eigenvalue weighted by Crippen LogP contribution is -2.38. The van der Waals surface area contributed by atoms with Crippen molar-refractivity contribution in [3.8, 4) is 0 Å². The monoisotopic (exact) mass is 451 g/mol. The van der Waals surface area contributed by atoms with E-state index >= 15 is 0 Å². The highest BCUT2D eigenvalue weighted by Crippen LogP contribution is 2.17. The summed E-state index contributed by atoms with van der Waals surface area (Å²) >= 11 is 5.81. The number of morpholine rings is 1. The van der Waals surface area contributed by atoms with Gasteiger partial charge in [0.1, 0.15) is 0 Å². The van der Waals surface area contributed by atoms with Crippen LogP contribution in [0.5, 0.6) is 0 Å². The molecule has 2 aromatic rings. The molecule has 3 rings (SSSR count). The number of benzene rings is 2. The Kier molecular flexibility index (Phi) is 7.85. The fourth-order valence-corrected chi connectivity index (χ4v) is 4.44. The zero-order valence-corrected chi connectivity index (χ0v) is 18.5. The van der Waals surface area contributed by atoms with Gasteiger partial charge in [0.05, 0.1) is 24.7 Å². The van der Waals surface area contributed by atoms with Crippen LogP contribution < -0.4 is 5.32 Å². The molecule has 1 aliphatic heterocycles. The third-order valence-corrected chi connectivity index (χ3v) is 6.95. The first-order chi connectivity index (χ1) is 14.3. The zero-order valence-electron chi connectivity index (χ0n) is 16.9. The van der Waals surface area contributed by atoms with Crippen LogP contribution in [-0.2, 0) is 32.6 Å². The second kappa shape index (κ2) is 10.4. The van der Waals surface area contributed by atoms with E-state index in [0.717, 1.165) is 42.7 Å². The summed E-state index contributed by atoms with van der Waals surface area (Å²) in [5.41, 5.74) is 2.14. The number of nitrogens with zero attached hydrogens (tertiary/aromatic N) is 2. The number of nitrogens with one attached hydrogen (secondary N) is 1. The quantitative estimate of drug-likeness (QED) is 0.665. The van der Waals surface area contributed by atoms with Crippen LogP contribution in [0.15, 0.2) is 53.4 Å². The minimum atomic E-state index is -3.76. The minimum absolute atomic E-state index is 0.0954. The average Bonchev–Trinajstić information content (AvgIpc) is 2.73. The molecule has 7 nitrogen and oxygen atoms in total. The van der Waals surface area contributed by atoms with Crippen molar-refractivity contribution in [1.29, 1.82) is 0 Å². The molecule has 1 heterocycles. The number of hydrogen-bond acceptors (Lipinski definition) is 5. The van der Waals surface area contributed by atoms with E-state index in [9.17, 15) is 13.2 Å². The molecular weight excluding hydrogens is 426 g/mol. The number of hydrogen-bond donors (Lipinski definition) is 1. The van der Waals surface area contributed by atoms with Crippen molar-refractivity contribution in [2.45, 2.75) is 18.0 Å². The smallest absolute Gasteiger partial charge is 0.243 e. The van der Waals surface area contributed by atoms with Gasteiger partial charge in [0.15, 0.2) is 0 Å². The van der Waals surface area contributed by atoms with Crippen LogP contribution in [0.2, 0.25) is 5.02 Å². The second-order valence-electron chi connectivity index (χ2n) is 7.20. The Bertz CT molecular complexity index is 960. The largest absolute Gasteiger partial charge is 0.379 e. The van der Waals surface area contributed by atoms with Gasteiger partial charge in [0, 0.05) is 38.2 Å². The van der Waals surface area contributed by atoms with Crippen molar-refractivity contribution < 1.29 is 17.9 Å². The van der Waals surface area contributed by atoms with Crippen molar-refractivity contribution in [3.63, 3.8) is 0 Å². The number of amides is 1. The molecule has 0 unspecified atom stereocenters. The molecule has 30 heavy (non-hydrogen) atoms. The Morgan fingerprint density at radius 3 is 2.50 bits per heavy atom. The van der Waals surface area contributed by atoms with E-state index in [0.29, 0.717) is 11.6 Å². The van der Waals surface area contributed by atoms with Crippen LogP contribution in [0.3, 0.4) is 0 Å². The molecule has 1 aliphatic rings. The van der Waals surface area contributed by atoms with E-state index in [1.165, 1.54) is 36.9 Å². The lowest BCUT2D eigenvalue weighted by Gasteiger charge is -2.26. The van der Waals surface area contributed by atoms with Gasteiger partial charge in [0.25, 0.3) is 0 Å². The van der Waals surface area contributed by atoms with Gasteiger partial charge in [-0.3, -0.25) is 9.69 Å². The molecule has 9 heteroatoms. The normalized spacial score (nSPS) is 15.3. The Labute approximate surface area is 182 Å². The highest BCUT2D eigenvalue weighted by Gasteiger charge is 2.22. The second-order valence-corrected chi connectivity index (χ2v) is 9.68. The van der Waals surface area contributed by atoms with Crippen molar-refractivity contribution in [2.75, 3.05) is 39.9 Å². The minimum Gasteiger partial charge on any atom is -0.379 e. The standard InChI is InChI=1S/C21H26ClN3O4S/c1-24(30(27,28)20-7-5-19(22)6-8-20)16-21(26)23-14-17-3-2-4-18(13-17)15-25-9-11-29-12-10-25/h2-8,13H,9-12,14-16H2,1H3,(H,23,26). The van der Waals surface area contributed by atoms with Crippen LogP contribution >= 0.6 is 11.6 Å². The number of halogens is 1. The molecule has 0 aromatic heterocycles. The summed E-state index contributed by atoms with van der Waals surface area (Å²) in [6.45, 7) is 4.24. The van der Waals surface area contributed by atoms with Crippen LogP contribution in [0, 0.1) is 0 Å². The molecule has 0 bridgehead atoms. The molecule has 1 saturated heterocycles. The molecule has 0 saturated carbocycles. The first kappa shape index (κ1) is 22.7. The first-order valence-electron chi connectivity index (χ1n) is 9.71. The van der Waals surface area contributed by atoms with Gasteiger partial charge in [-0.05, 0) is 35.4 Å². The van der Waals surface area contributed by atoms with Gasteiger partial charge in [-0.2, -0.15) is 4.31 Å². The molecule has 1 fully saturated rings. The van der Waals surface area contributed by atoms with E-state index in [-0.39, 0.29) is 17.3 Å². The van der Waals surface area contributed by atoms with Gasteiger partial charge >= 0.3 is 0 Å². The number of carbonyl (C=O) groups excluding carboxylic acids is 1. The lowest BCUT2D eigenvalue weighted by molar-refractivity contribution is -0.121. The van der Waals surface area contributed by atoms with Gasteiger partial charge in [-0.1, -0.05) is 35.9 Å². The van der Waals surface area contributed by atoms with Gasteiger partial charge in [-0.25, -0.2) is 8.42 Å². The Morgan fingerprint density at radius 1 is 1.13 bits per heavy atom. The summed E-state index contributed by atoms with van der Waals surface area (Å²) in [5, 5.41) is 3.24. The maximum absolute atomic E-state index is 12.6. The first-order valence-corrected chi connectivity index (χ1v) is 11.5. The number of likely N-dealkylation sites (N-methyl/N-ethyl adjacent to an activating group) is 1. The SMILES string of the molecule is CN(CC(=O)NCc1cccc(CN2CCOCC2)c1)S(=O)(=O)c1ccc(Cl)cc1. The maximum Gasteiger partial charge on any atom is 0.243 e. The number of sulfonamides is 1. The van der Waals surface area contributed by atoms with Gasteiger partial charge < -0.3 is 10.1 Å². The molecule has 0 aliphatic carbocycles. The Balaban J connectivity index is 1.52. The third-order valence-electron chi connectivity index (χ3n) is 4.88. The summed E-state index contributed by atoms with van der Waals surface area (Å²) in [5.74, 6) is -0.367. The predicted molar refractivity (Wildman–Crippen MR) is 116 cm³/mol. The third kappa shape index (κ3) is 6.26. The molecule has 0 spiro atoms. The summed E-state index contributed by atoms with van der Waals surface area (Å²) in [7, 11) is -2.38. The molecule has 2 aromatic carbocycles. The van der Waals surface area contributed by atoms with Crippen molar-refractivity contribution >= 4 is 27.5 Å². The summed E-state index contributed by atoms with van der Waals surface area (Å²) < 4.78 is 31.6. The van der Waals surface area contributed by atoms with E-state index < -0.39 is 10.0 Å². The molecule has 0 atom stereocenters. The van der Waals surface area contributed by atoms with Crippen molar-refractivity contribution in [2.24, 2.45) is 0 Å². The molecule has 0 radical (unpaired) electrons. The molecule has 1 N–H and O–H groups in total. The van der Waals surface area contributed by atoms with Crippen LogP contribution in [0.4, 0.5) is 0 Å². The highest BCUT2D eigenvalue weighted by molar-refractivity contribution is 7.89. The van der Waals surface area contributed by atoms with Gasteiger partial charge in [0.2, 0.25) is 15.9 Å². The maximum atomic E-state index is 12.6. The lowest BCUT2D eigenvalue weighted by atomic mass is 10.1. The Hall–Kier alpha value is -1.97. The molecule has 162 valence electrons. The molecule has 1 amide bonds. The van der Waals surface area contributed by atoms with E-state index in [2.05, 4.69) is 22.3 Å².